The Morgan fingerprint density at radius 3 is 2.66 bits per heavy atom. The van der Waals surface area contributed by atoms with E-state index >= 15 is 0 Å². The van der Waals surface area contributed by atoms with Crippen LogP contribution in [0.5, 0.6) is 0 Å². The molecule has 0 saturated carbocycles. The van der Waals surface area contributed by atoms with E-state index in [1.54, 1.807) is 11.0 Å². The summed E-state index contributed by atoms with van der Waals surface area (Å²) >= 11 is 0. The van der Waals surface area contributed by atoms with Gasteiger partial charge < -0.3 is 14.5 Å². The first kappa shape index (κ1) is 19.7. The molecule has 0 aromatic carbocycles. The van der Waals surface area contributed by atoms with Crippen LogP contribution in [-0.2, 0) is 21.9 Å². The van der Waals surface area contributed by atoms with Crippen molar-refractivity contribution in [2.45, 2.75) is 44.1 Å². The molecule has 156 valence electrons. The van der Waals surface area contributed by atoms with Crippen LogP contribution in [0.3, 0.4) is 0 Å². The lowest BCUT2D eigenvalue weighted by Gasteiger charge is -2.44. The minimum absolute atomic E-state index is 0.0127. The zero-order chi connectivity index (χ0) is 20.9. The number of nitrogens with zero attached hydrogens (tertiary/aromatic N) is 4. The first-order valence-electron chi connectivity index (χ1n) is 9.48. The number of aromatic nitrogens is 1. The highest BCUT2D eigenvalue weighted by Crippen LogP contribution is 2.50. The van der Waals surface area contributed by atoms with Gasteiger partial charge in [-0.25, -0.2) is 22.5 Å². The Morgan fingerprint density at radius 1 is 1.38 bits per heavy atom. The van der Waals surface area contributed by atoms with Crippen molar-refractivity contribution in [3.8, 4) is 6.07 Å². The predicted molar refractivity (Wildman–Crippen MR) is 95.3 cm³/mol. The quantitative estimate of drug-likeness (QED) is 0.547. The molecule has 1 aromatic heterocycles. The highest BCUT2D eigenvalue weighted by molar-refractivity contribution is 5.72. The number of carbonyl (C=O) groups excluding carboxylic acids is 1. The van der Waals surface area contributed by atoms with Crippen molar-refractivity contribution in [3.63, 3.8) is 0 Å². The minimum Gasteiger partial charge on any atom is -0.469 e. The second-order valence-corrected chi connectivity index (χ2v) is 7.74. The van der Waals surface area contributed by atoms with E-state index in [1.807, 2.05) is 0 Å². The van der Waals surface area contributed by atoms with E-state index in [1.165, 1.54) is 12.0 Å². The SMILES string of the molecule is COC(=O)CC1CN(c2nc(N3CCC3C(F)F)c(C#N)c3c2CCC3(F)F)C1. The Balaban J connectivity index is 1.72. The average molecular weight is 412 g/mol. The fourth-order valence-electron chi connectivity index (χ4n) is 4.34. The molecule has 4 rings (SSSR count). The number of methoxy groups -OCH3 is 1. The molecule has 0 spiro atoms. The number of nitriles is 1. The number of esters is 1. The van der Waals surface area contributed by atoms with Gasteiger partial charge in [-0.3, -0.25) is 4.79 Å². The molecule has 29 heavy (non-hydrogen) atoms. The van der Waals surface area contributed by atoms with Gasteiger partial charge in [-0.05, 0) is 12.8 Å². The number of hydrogen-bond donors (Lipinski definition) is 0. The van der Waals surface area contributed by atoms with Crippen molar-refractivity contribution in [1.82, 2.24) is 4.98 Å². The van der Waals surface area contributed by atoms with Crippen molar-refractivity contribution in [1.29, 1.82) is 5.26 Å². The molecule has 1 unspecified atom stereocenters. The number of rotatable bonds is 5. The summed E-state index contributed by atoms with van der Waals surface area (Å²) in [6.07, 6.45) is -2.59. The van der Waals surface area contributed by atoms with E-state index in [0.29, 0.717) is 24.5 Å². The lowest BCUT2D eigenvalue weighted by molar-refractivity contribution is -0.141. The number of alkyl halides is 4. The van der Waals surface area contributed by atoms with E-state index in [9.17, 15) is 27.6 Å². The van der Waals surface area contributed by atoms with Crippen molar-refractivity contribution < 1.29 is 27.1 Å². The van der Waals surface area contributed by atoms with Crippen LogP contribution in [0.2, 0.25) is 0 Å². The number of hydrogen-bond acceptors (Lipinski definition) is 6. The van der Waals surface area contributed by atoms with Crippen molar-refractivity contribution >= 4 is 17.6 Å². The molecular weight excluding hydrogens is 392 g/mol. The van der Waals surface area contributed by atoms with Crippen LogP contribution in [0.1, 0.15) is 36.0 Å². The predicted octanol–water partition coefficient (Wildman–Crippen LogP) is 2.83. The first-order chi connectivity index (χ1) is 13.8. The van der Waals surface area contributed by atoms with Crippen LogP contribution >= 0.6 is 0 Å². The number of ether oxygens (including phenoxy) is 1. The summed E-state index contributed by atoms with van der Waals surface area (Å²) in [6, 6.07) is 0.670. The summed E-state index contributed by atoms with van der Waals surface area (Å²) in [4.78, 5) is 18.9. The summed E-state index contributed by atoms with van der Waals surface area (Å²) < 4.78 is 60.5. The summed E-state index contributed by atoms with van der Waals surface area (Å²) in [5.74, 6) is -3.31. The summed E-state index contributed by atoms with van der Waals surface area (Å²) in [5.41, 5.74) is -0.375. The Labute approximate surface area is 165 Å². The van der Waals surface area contributed by atoms with E-state index in [2.05, 4.69) is 9.72 Å². The summed E-state index contributed by atoms with van der Waals surface area (Å²) in [5, 5.41) is 9.57. The molecule has 3 aliphatic rings. The highest BCUT2D eigenvalue weighted by atomic mass is 19.3. The standard InChI is InChI=1S/C19H20F4N4O2/c1-29-14(28)6-10-8-26(9-10)17-11-2-4-19(22,23)15(11)12(7-24)18(25-17)27-5-3-13(27)16(20)21/h10,13,16H,2-6,8-9H2,1H3. The third kappa shape index (κ3) is 3.16. The molecule has 10 heteroatoms. The normalized spacial score (nSPS) is 22.7. The van der Waals surface area contributed by atoms with Gasteiger partial charge in [0.25, 0.3) is 12.3 Å². The maximum absolute atomic E-state index is 14.6. The van der Waals surface area contributed by atoms with Crippen LogP contribution in [0, 0.1) is 17.2 Å². The van der Waals surface area contributed by atoms with Crippen molar-refractivity contribution in [3.05, 3.63) is 16.7 Å². The minimum atomic E-state index is -3.20. The fraction of sp³-hybridized carbons (Fsp3) is 0.632. The van der Waals surface area contributed by atoms with Gasteiger partial charge in [0.05, 0.1) is 19.6 Å². The summed E-state index contributed by atoms with van der Waals surface area (Å²) in [6.45, 7) is 1.11. The zero-order valence-electron chi connectivity index (χ0n) is 15.8. The van der Waals surface area contributed by atoms with Gasteiger partial charge in [0, 0.05) is 43.1 Å². The van der Waals surface area contributed by atoms with Crippen LogP contribution in [0.25, 0.3) is 0 Å². The van der Waals surface area contributed by atoms with Gasteiger partial charge in [-0.15, -0.1) is 0 Å². The molecule has 1 aromatic rings. The Bertz CT molecular complexity index is 880. The number of anilines is 2. The lowest BCUT2D eigenvalue weighted by atomic mass is 9.94. The number of carbonyl (C=O) groups is 1. The molecule has 0 amide bonds. The maximum Gasteiger partial charge on any atom is 0.305 e. The van der Waals surface area contributed by atoms with Crippen LogP contribution in [0.4, 0.5) is 29.2 Å². The fourth-order valence-corrected chi connectivity index (χ4v) is 4.34. The van der Waals surface area contributed by atoms with Crippen molar-refractivity contribution in [2.24, 2.45) is 5.92 Å². The highest BCUT2D eigenvalue weighted by Gasteiger charge is 2.48. The molecule has 0 bridgehead atoms. The second-order valence-electron chi connectivity index (χ2n) is 7.74. The van der Waals surface area contributed by atoms with Gasteiger partial charge in [0.15, 0.2) is 0 Å². The van der Waals surface area contributed by atoms with Gasteiger partial charge in [-0.1, -0.05) is 0 Å². The Morgan fingerprint density at radius 2 is 2.10 bits per heavy atom. The van der Waals surface area contributed by atoms with Crippen LogP contribution in [0.15, 0.2) is 0 Å². The Kier molecular flexibility index (Phi) is 4.79. The molecule has 1 atom stereocenters. The molecule has 3 heterocycles. The maximum atomic E-state index is 14.6. The van der Waals surface area contributed by atoms with Gasteiger partial charge in [0.1, 0.15) is 23.3 Å². The zero-order valence-corrected chi connectivity index (χ0v) is 15.8. The molecular formula is C19H20F4N4O2. The second kappa shape index (κ2) is 7.04. The van der Waals surface area contributed by atoms with Gasteiger partial charge in [0.2, 0.25) is 0 Å². The molecule has 2 saturated heterocycles. The number of fused-ring (bicyclic) bond motifs is 1. The summed E-state index contributed by atoms with van der Waals surface area (Å²) in [7, 11) is 1.30. The number of pyridine rings is 1. The molecule has 0 radical (unpaired) electrons. The average Bonchev–Trinajstić information content (AvgIpc) is 2.91. The lowest BCUT2D eigenvalue weighted by Crippen LogP contribution is -2.53. The van der Waals surface area contributed by atoms with Gasteiger partial charge in [-0.2, -0.15) is 5.26 Å². The smallest absolute Gasteiger partial charge is 0.305 e. The van der Waals surface area contributed by atoms with Gasteiger partial charge >= 0.3 is 5.97 Å². The van der Waals surface area contributed by atoms with E-state index in [0.717, 1.165) is 0 Å². The van der Waals surface area contributed by atoms with Crippen LogP contribution in [-0.4, -0.2) is 50.2 Å². The molecule has 1 aliphatic carbocycles. The van der Waals surface area contributed by atoms with E-state index in [-0.39, 0.29) is 54.6 Å². The number of halogens is 4. The molecule has 2 fully saturated rings. The van der Waals surface area contributed by atoms with E-state index in [4.69, 9.17) is 0 Å². The topological polar surface area (TPSA) is 69.5 Å². The molecule has 0 N–H and O–H groups in total. The first-order valence-corrected chi connectivity index (χ1v) is 9.48. The molecule has 6 nitrogen and oxygen atoms in total. The monoisotopic (exact) mass is 412 g/mol. The largest absolute Gasteiger partial charge is 0.469 e. The molecule has 2 aliphatic heterocycles. The Hall–Kier alpha value is -2.57. The third-order valence-electron chi connectivity index (χ3n) is 5.99. The van der Waals surface area contributed by atoms with E-state index < -0.39 is 24.8 Å². The van der Waals surface area contributed by atoms with Crippen LogP contribution < -0.4 is 9.80 Å². The van der Waals surface area contributed by atoms with Crippen molar-refractivity contribution in [2.75, 3.05) is 36.5 Å². The third-order valence-corrected chi connectivity index (χ3v) is 5.99.